The minimum Gasteiger partial charge on any atom is -0.342 e. The van der Waals surface area contributed by atoms with Crippen molar-refractivity contribution in [3.8, 4) is 0 Å². The molecule has 19 heavy (non-hydrogen) atoms. The minimum atomic E-state index is 0.235. The summed E-state index contributed by atoms with van der Waals surface area (Å²) >= 11 is 4.26. The summed E-state index contributed by atoms with van der Waals surface area (Å²) in [6.45, 7) is 0. The Morgan fingerprint density at radius 1 is 1.16 bits per heavy atom. The van der Waals surface area contributed by atoms with E-state index < -0.39 is 0 Å². The summed E-state index contributed by atoms with van der Waals surface area (Å²) in [6.07, 6.45) is 7.99. The lowest BCUT2D eigenvalue weighted by atomic mass is 10.1. The van der Waals surface area contributed by atoms with Gasteiger partial charge in [-0.15, -0.1) is 12.6 Å². The van der Waals surface area contributed by atoms with Crippen LogP contribution in [-0.2, 0) is 11.2 Å². The van der Waals surface area contributed by atoms with Gasteiger partial charge in [-0.3, -0.25) is 4.79 Å². The fourth-order valence-corrected chi connectivity index (χ4v) is 2.91. The molecule has 0 aliphatic heterocycles. The minimum absolute atomic E-state index is 0.235. The van der Waals surface area contributed by atoms with Gasteiger partial charge in [-0.2, -0.15) is 0 Å². The Hall–Kier alpha value is -0.960. The zero-order chi connectivity index (χ0) is 13.7. The number of benzene rings is 1. The first-order valence-corrected chi connectivity index (χ1v) is 7.65. The van der Waals surface area contributed by atoms with Gasteiger partial charge >= 0.3 is 0 Å². The number of carbonyl (C=O) groups excluding carboxylic acids is 1. The van der Waals surface area contributed by atoms with E-state index in [1.807, 2.05) is 36.2 Å². The molecule has 1 aromatic carbocycles. The van der Waals surface area contributed by atoms with Gasteiger partial charge in [0, 0.05) is 18.0 Å². The molecule has 0 atom stereocenters. The number of rotatable bonds is 3. The van der Waals surface area contributed by atoms with Crippen molar-refractivity contribution in [3.63, 3.8) is 0 Å². The Morgan fingerprint density at radius 2 is 1.74 bits per heavy atom. The van der Waals surface area contributed by atoms with Crippen LogP contribution in [0.4, 0.5) is 0 Å². The van der Waals surface area contributed by atoms with Gasteiger partial charge in [0.25, 0.3) is 0 Å². The maximum atomic E-state index is 12.3. The lowest BCUT2D eigenvalue weighted by Gasteiger charge is -2.27. The standard InChI is InChI=1S/C16H23NOS/c1-17(14-6-4-2-3-5-7-14)16(18)12-13-8-10-15(19)11-9-13/h8-11,14,19H,2-7,12H2,1H3. The summed E-state index contributed by atoms with van der Waals surface area (Å²) < 4.78 is 0. The van der Waals surface area contributed by atoms with Gasteiger partial charge < -0.3 is 4.90 Å². The van der Waals surface area contributed by atoms with Crippen LogP contribution in [0.2, 0.25) is 0 Å². The molecule has 2 nitrogen and oxygen atoms in total. The van der Waals surface area contributed by atoms with Gasteiger partial charge in [-0.05, 0) is 30.5 Å². The van der Waals surface area contributed by atoms with E-state index in [1.165, 1.54) is 25.7 Å². The second-order valence-corrected chi connectivity index (χ2v) is 6.01. The van der Waals surface area contributed by atoms with E-state index in [0.29, 0.717) is 12.5 Å². The van der Waals surface area contributed by atoms with Gasteiger partial charge in [-0.1, -0.05) is 37.8 Å². The van der Waals surface area contributed by atoms with Gasteiger partial charge in [-0.25, -0.2) is 0 Å². The second kappa shape index (κ2) is 6.99. The van der Waals surface area contributed by atoms with E-state index in [2.05, 4.69) is 12.6 Å². The molecule has 0 aromatic heterocycles. The predicted octanol–water partition coefficient (Wildman–Crippen LogP) is 3.70. The van der Waals surface area contributed by atoms with Crippen molar-refractivity contribution in [3.05, 3.63) is 29.8 Å². The third kappa shape index (κ3) is 4.27. The molecule has 104 valence electrons. The van der Waals surface area contributed by atoms with Crippen LogP contribution in [-0.4, -0.2) is 23.9 Å². The summed E-state index contributed by atoms with van der Waals surface area (Å²) in [5.74, 6) is 0.235. The maximum absolute atomic E-state index is 12.3. The Balaban J connectivity index is 1.92. The van der Waals surface area contributed by atoms with Crippen LogP contribution in [0.1, 0.15) is 44.1 Å². The van der Waals surface area contributed by atoms with Gasteiger partial charge in [0.05, 0.1) is 6.42 Å². The van der Waals surface area contributed by atoms with Crippen molar-refractivity contribution >= 4 is 18.5 Å². The van der Waals surface area contributed by atoms with E-state index in [1.54, 1.807) is 0 Å². The molecular weight excluding hydrogens is 254 g/mol. The molecule has 2 rings (SSSR count). The van der Waals surface area contributed by atoms with Gasteiger partial charge in [0.2, 0.25) is 5.91 Å². The molecule has 1 saturated carbocycles. The molecule has 0 unspecified atom stereocenters. The summed E-state index contributed by atoms with van der Waals surface area (Å²) in [4.78, 5) is 15.2. The summed E-state index contributed by atoms with van der Waals surface area (Å²) in [6, 6.07) is 8.30. The molecule has 0 spiro atoms. The van der Waals surface area contributed by atoms with E-state index in [-0.39, 0.29) is 5.91 Å². The first-order valence-electron chi connectivity index (χ1n) is 7.20. The van der Waals surface area contributed by atoms with Crippen molar-refractivity contribution in [2.24, 2.45) is 0 Å². The molecule has 0 heterocycles. The molecule has 0 N–H and O–H groups in total. The molecule has 0 radical (unpaired) electrons. The Morgan fingerprint density at radius 3 is 2.32 bits per heavy atom. The third-order valence-electron chi connectivity index (χ3n) is 4.06. The van der Waals surface area contributed by atoms with Crippen LogP contribution >= 0.6 is 12.6 Å². The van der Waals surface area contributed by atoms with Crippen LogP contribution in [0.5, 0.6) is 0 Å². The van der Waals surface area contributed by atoms with Crippen LogP contribution in [0.3, 0.4) is 0 Å². The van der Waals surface area contributed by atoms with Crippen molar-refractivity contribution in [1.29, 1.82) is 0 Å². The highest BCUT2D eigenvalue weighted by Gasteiger charge is 2.20. The monoisotopic (exact) mass is 277 g/mol. The molecule has 1 fully saturated rings. The molecule has 0 bridgehead atoms. The Labute approximate surface area is 121 Å². The molecule has 1 aliphatic rings. The highest BCUT2D eigenvalue weighted by atomic mass is 32.1. The first-order chi connectivity index (χ1) is 9.16. The van der Waals surface area contributed by atoms with Crippen LogP contribution in [0.25, 0.3) is 0 Å². The highest BCUT2D eigenvalue weighted by molar-refractivity contribution is 7.80. The molecule has 1 amide bonds. The average Bonchev–Trinajstić information content (AvgIpc) is 2.69. The van der Waals surface area contributed by atoms with Gasteiger partial charge in [0.15, 0.2) is 0 Å². The van der Waals surface area contributed by atoms with E-state index in [4.69, 9.17) is 0 Å². The van der Waals surface area contributed by atoms with E-state index >= 15 is 0 Å². The molecule has 1 aliphatic carbocycles. The molecule has 1 aromatic rings. The lowest BCUT2D eigenvalue weighted by molar-refractivity contribution is -0.131. The first kappa shape index (κ1) is 14.4. The number of nitrogens with zero attached hydrogens (tertiary/aromatic N) is 1. The molecular formula is C16H23NOS. The summed E-state index contributed by atoms with van der Waals surface area (Å²) in [5.41, 5.74) is 1.07. The van der Waals surface area contributed by atoms with Crippen molar-refractivity contribution in [2.45, 2.75) is 55.9 Å². The normalized spacial score (nSPS) is 16.9. The number of hydrogen-bond donors (Lipinski definition) is 1. The number of hydrogen-bond acceptors (Lipinski definition) is 2. The fourth-order valence-electron chi connectivity index (χ4n) is 2.76. The SMILES string of the molecule is CN(C(=O)Cc1ccc(S)cc1)C1CCCCCC1. The smallest absolute Gasteiger partial charge is 0.226 e. The summed E-state index contributed by atoms with van der Waals surface area (Å²) in [7, 11) is 1.96. The maximum Gasteiger partial charge on any atom is 0.226 e. The fraction of sp³-hybridized carbons (Fsp3) is 0.562. The van der Waals surface area contributed by atoms with Gasteiger partial charge in [0.1, 0.15) is 0 Å². The van der Waals surface area contributed by atoms with Crippen LogP contribution < -0.4 is 0 Å². The van der Waals surface area contributed by atoms with Crippen LogP contribution in [0, 0.1) is 0 Å². The number of carbonyl (C=O) groups is 1. The summed E-state index contributed by atoms with van der Waals surface area (Å²) in [5, 5.41) is 0. The number of amides is 1. The van der Waals surface area contributed by atoms with Crippen molar-refractivity contribution in [2.75, 3.05) is 7.05 Å². The topological polar surface area (TPSA) is 20.3 Å². The zero-order valence-electron chi connectivity index (χ0n) is 11.6. The van der Waals surface area contributed by atoms with Crippen molar-refractivity contribution < 1.29 is 4.79 Å². The van der Waals surface area contributed by atoms with E-state index in [9.17, 15) is 4.79 Å². The average molecular weight is 277 g/mol. The number of thiol groups is 1. The zero-order valence-corrected chi connectivity index (χ0v) is 12.5. The molecule has 0 saturated heterocycles. The second-order valence-electron chi connectivity index (χ2n) is 5.49. The quantitative estimate of drug-likeness (QED) is 0.660. The highest BCUT2D eigenvalue weighted by Crippen LogP contribution is 2.21. The molecule has 3 heteroatoms. The van der Waals surface area contributed by atoms with Crippen molar-refractivity contribution in [1.82, 2.24) is 4.90 Å². The Kier molecular flexibility index (Phi) is 5.32. The Bertz CT molecular complexity index is 407. The third-order valence-corrected chi connectivity index (χ3v) is 4.36. The lowest BCUT2D eigenvalue weighted by Crippen LogP contribution is -2.37. The predicted molar refractivity (Wildman–Crippen MR) is 81.7 cm³/mol. The van der Waals surface area contributed by atoms with Crippen LogP contribution in [0.15, 0.2) is 29.2 Å². The largest absolute Gasteiger partial charge is 0.342 e. The number of likely N-dealkylation sites (N-methyl/N-ethyl adjacent to an activating group) is 1. The van der Waals surface area contributed by atoms with E-state index in [0.717, 1.165) is 23.3 Å².